The van der Waals surface area contributed by atoms with Crippen LogP contribution in [0.5, 0.6) is 0 Å². The normalized spacial score (nSPS) is 20.5. The Hall–Kier alpha value is -1.67. The lowest BCUT2D eigenvalue weighted by atomic mass is 9.73. The fourth-order valence-corrected chi connectivity index (χ4v) is 2.58. The zero-order valence-electron chi connectivity index (χ0n) is 12.2. The van der Waals surface area contributed by atoms with Crippen LogP contribution < -0.4 is 0 Å². The molecule has 20 heavy (non-hydrogen) atoms. The Morgan fingerprint density at radius 2 is 2.00 bits per heavy atom. The number of allylic oxidation sites excluding steroid dienone is 4. The summed E-state index contributed by atoms with van der Waals surface area (Å²) in [5.74, 6) is 0.418. The summed E-state index contributed by atoms with van der Waals surface area (Å²) in [6.07, 6.45) is 8.00. The average Bonchev–Trinajstić information content (AvgIpc) is 2.45. The second kappa shape index (κ2) is 6.67. The van der Waals surface area contributed by atoms with E-state index in [1.807, 2.05) is 24.3 Å². The van der Waals surface area contributed by atoms with Crippen molar-refractivity contribution in [3.8, 4) is 0 Å². The van der Waals surface area contributed by atoms with Gasteiger partial charge in [-0.3, -0.25) is 4.79 Å². The first-order chi connectivity index (χ1) is 9.62. The third-order valence-electron chi connectivity index (χ3n) is 3.84. The molecule has 2 heteroatoms. The molecular formula is C18H22O2. The molecular weight excluding hydrogens is 248 g/mol. The number of benzene rings is 1. The Kier molecular flexibility index (Phi) is 4.91. The van der Waals surface area contributed by atoms with Crippen molar-refractivity contribution in [2.45, 2.75) is 26.9 Å². The van der Waals surface area contributed by atoms with Crippen molar-refractivity contribution in [2.24, 2.45) is 11.3 Å². The second-order valence-electron chi connectivity index (χ2n) is 5.88. The minimum atomic E-state index is 0.0150. The van der Waals surface area contributed by atoms with Gasteiger partial charge in [0.15, 0.2) is 0 Å². The maximum atomic E-state index is 10.8. The summed E-state index contributed by atoms with van der Waals surface area (Å²) >= 11 is 0. The van der Waals surface area contributed by atoms with Gasteiger partial charge in [-0.25, -0.2) is 0 Å². The Morgan fingerprint density at radius 3 is 2.65 bits per heavy atom. The zero-order chi connectivity index (χ0) is 14.4. The molecule has 1 aliphatic rings. The van der Waals surface area contributed by atoms with E-state index in [1.165, 1.54) is 5.56 Å². The van der Waals surface area contributed by atoms with Gasteiger partial charge in [0, 0.05) is 12.2 Å². The molecule has 0 saturated heterocycles. The van der Waals surface area contributed by atoms with E-state index in [1.54, 1.807) is 0 Å². The summed E-state index contributed by atoms with van der Waals surface area (Å²) in [5, 5.41) is 0. The van der Waals surface area contributed by atoms with E-state index < -0.39 is 0 Å². The van der Waals surface area contributed by atoms with Gasteiger partial charge in [-0.15, -0.1) is 0 Å². The highest BCUT2D eigenvalue weighted by atomic mass is 16.5. The molecule has 0 fully saturated rings. The molecule has 106 valence electrons. The van der Waals surface area contributed by atoms with Crippen LogP contribution in [0.1, 0.15) is 25.8 Å². The molecule has 0 N–H and O–H groups in total. The van der Waals surface area contributed by atoms with Crippen LogP contribution >= 0.6 is 0 Å². The topological polar surface area (TPSA) is 26.3 Å². The fraction of sp³-hybridized carbons (Fsp3) is 0.389. The van der Waals surface area contributed by atoms with Gasteiger partial charge in [0.1, 0.15) is 6.29 Å². The van der Waals surface area contributed by atoms with E-state index in [2.05, 4.69) is 38.1 Å². The van der Waals surface area contributed by atoms with E-state index in [9.17, 15) is 4.79 Å². The van der Waals surface area contributed by atoms with Gasteiger partial charge < -0.3 is 4.74 Å². The molecule has 0 radical (unpaired) electrons. The highest BCUT2D eigenvalue weighted by Gasteiger charge is 2.27. The molecule has 0 amide bonds. The van der Waals surface area contributed by atoms with Crippen molar-refractivity contribution < 1.29 is 9.53 Å². The van der Waals surface area contributed by atoms with Crippen molar-refractivity contribution in [2.75, 3.05) is 6.61 Å². The summed E-state index contributed by atoms with van der Waals surface area (Å²) in [7, 11) is 0. The summed E-state index contributed by atoms with van der Waals surface area (Å²) in [6.45, 7) is 5.73. The molecule has 0 saturated carbocycles. The van der Waals surface area contributed by atoms with Crippen molar-refractivity contribution >= 4 is 6.29 Å². The van der Waals surface area contributed by atoms with E-state index in [4.69, 9.17) is 4.74 Å². The van der Waals surface area contributed by atoms with E-state index in [0.29, 0.717) is 12.5 Å². The van der Waals surface area contributed by atoms with Gasteiger partial charge in [0.05, 0.1) is 6.61 Å². The molecule has 2 nitrogen and oxygen atoms in total. The maximum Gasteiger partial charge on any atom is 0.149 e. The van der Waals surface area contributed by atoms with Gasteiger partial charge in [-0.1, -0.05) is 62.4 Å². The SMILES string of the molecule is CC1(C)C=C(C=O)C=CC1CCOCc1ccccc1. The first-order valence-electron chi connectivity index (χ1n) is 7.10. The fourth-order valence-electron chi connectivity index (χ4n) is 2.58. The smallest absolute Gasteiger partial charge is 0.149 e. The molecule has 1 unspecified atom stereocenters. The molecule has 2 rings (SSSR count). The van der Waals surface area contributed by atoms with Gasteiger partial charge in [-0.05, 0) is 23.3 Å². The predicted molar refractivity (Wildman–Crippen MR) is 81.3 cm³/mol. The number of aldehydes is 1. The number of ether oxygens (including phenoxy) is 1. The Balaban J connectivity index is 1.79. The predicted octanol–water partition coefficient (Wildman–Crippen LogP) is 3.93. The molecule has 0 aromatic heterocycles. The van der Waals surface area contributed by atoms with Crippen LogP contribution in [0.25, 0.3) is 0 Å². The van der Waals surface area contributed by atoms with Crippen LogP contribution in [0.15, 0.2) is 54.1 Å². The summed E-state index contributed by atoms with van der Waals surface area (Å²) in [6, 6.07) is 10.2. The summed E-state index contributed by atoms with van der Waals surface area (Å²) < 4.78 is 5.74. The quantitative estimate of drug-likeness (QED) is 0.578. The minimum Gasteiger partial charge on any atom is -0.377 e. The van der Waals surface area contributed by atoms with Gasteiger partial charge in [0.2, 0.25) is 0 Å². The molecule has 0 bridgehead atoms. The standard InChI is InChI=1S/C18H22O2/c1-18(2)12-16(13-19)8-9-17(18)10-11-20-14-15-6-4-3-5-7-15/h3-9,12-13,17H,10-11,14H2,1-2H3. The van der Waals surface area contributed by atoms with Gasteiger partial charge in [-0.2, -0.15) is 0 Å². The van der Waals surface area contributed by atoms with Crippen LogP contribution in [0.3, 0.4) is 0 Å². The van der Waals surface area contributed by atoms with Crippen LogP contribution in [-0.4, -0.2) is 12.9 Å². The van der Waals surface area contributed by atoms with E-state index in [0.717, 1.165) is 24.9 Å². The molecule has 0 aliphatic heterocycles. The van der Waals surface area contributed by atoms with Crippen molar-refractivity contribution in [3.63, 3.8) is 0 Å². The number of carbonyl (C=O) groups is 1. The third kappa shape index (κ3) is 3.91. The van der Waals surface area contributed by atoms with Crippen molar-refractivity contribution in [1.82, 2.24) is 0 Å². The molecule has 0 heterocycles. The van der Waals surface area contributed by atoms with Crippen LogP contribution in [0, 0.1) is 11.3 Å². The van der Waals surface area contributed by atoms with Gasteiger partial charge >= 0.3 is 0 Å². The zero-order valence-corrected chi connectivity index (χ0v) is 12.2. The summed E-state index contributed by atoms with van der Waals surface area (Å²) in [4.78, 5) is 10.8. The van der Waals surface area contributed by atoms with Crippen LogP contribution in [-0.2, 0) is 16.1 Å². The van der Waals surface area contributed by atoms with Gasteiger partial charge in [0.25, 0.3) is 0 Å². The minimum absolute atomic E-state index is 0.0150. The highest BCUT2D eigenvalue weighted by molar-refractivity contribution is 5.78. The monoisotopic (exact) mass is 270 g/mol. The number of hydrogen-bond acceptors (Lipinski definition) is 2. The summed E-state index contributed by atoms with van der Waals surface area (Å²) in [5.41, 5.74) is 1.99. The molecule has 1 aliphatic carbocycles. The lowest BCUT2D eigenvalue weighted by molar-refractivity contribution is -0.104. The van der Waals surface area contributed by atoms with E-state index >= 15 is 0 Å². The largest absolute Gasteiger partial charge is 0.377 e. The van der Waals surface area contributed by atoms with Crippen LogP contribution in [0.2, 0.25) is 0 Å². The van der Waals surface area contributed by atoms with E-state index in [-0.39, 0.29) is 5.41 Å². The Bertz CT molecular complexity index is 497. The average molecular weight is 270 g/mol. The molecule has 0 spiro atoms. The Morgan fingerprint density at radius 1 is 1.25 bits per heavy atom. The first kappa shape index (κ1) is 14.7. The number of carbonyl (C=O) groups excluding carboxylic acids is 1. The van der Waals surface area contributed by atoms with Crippen molar-refractivity contribution in [1.29, 1.82) is 0 Å². The molecule has 1 atom stereocenters. The molecule has 1 aromatic rings. The van der Waals surface area contributed by atoms with Crippen molar-refractivity contribution in [3.05, 3.63) is 59.7 Å². The lowest BCUT2D eigenvalue weighted by Gasteiger charge is -2.32. The Labute approximate surface area is 121 Å². The second-order valence-corrected chi connectivity index (χ2v) is 5.88. The highest BCUT2D eigenvalue weighted by Crippen LogP contribution is 2.36. The van der Waals surface area contributed by atoms with Crippen LogP contribution in [0.4, 0.5) is 0 Å². The first-order valence-corrected chi connectivity index (χ1v) is 7.10. The molecule has 1 aromatic carbocycles. The lowest BCUT2D eigenvalue weighted by Crippen LogP contribution is -2.24. The third-order valence-corrected chi connectivity index (χ3v) is 3.84. The number of hydrogen-bond donors (Lipinski definition) is 0. The number of rotatable bonds is 6. The maximum absolute atomic E-state index is 10.8.